The van der Waals surface area contributed by atoms with Crippen molar-refractivity contribution in [1.29, 1.82) is 0 Å². The van der Waals surface area contributed by atoms with E-state index >= 15 is 0 Å². The van der Waals surface area contributed by atoms with Gasteiger partial charge >= 0.3 is 0 Å². The average Bonchev–Trinajstić information content (AvgIpc) is 2.35. The predicted octanol–water partition coefficient (Wildman–Crippen LogP) is 3.25. The Labute approximate surface area is 117 Å². The Kier molecular flexibility index (Phi) is 6.12. The lowest BCUT2D eigenvalue weighted by Crippen LogP contribution is -2.26. The molecule has 0 aliphatic heterocycles. The maximum Gasteiger partial charge on any atom is 0.119 e. The van der Waals surface area contributed by atoms with Gasteiger partial charge in [0, 0.05) is 4.47 Å². The van der Waals surface area contributed by atoms with Gasteiger partial charge in [-0.2, -0.15) is 0 Å². The van der Waals surface area contributed by atoms with Gasteiger partial charge in [-0.1, -0.05) is 29.8 Å². The highest BCUT2D eigenvalue weighted by Gasteiger charge is 2.19. The van der Waals surface area contributed by atoms with Gasteiger partial charge in [-0.25, -0.2) is 0 Å². The average molecular weight is 316 g/mol. The van der Waals surface area contributed by atoms with Crippen molar-refractivity contribution in [1.82, 2.24) is 0 Å². The minimum absolute atomic E-state index is 0.395. The Bertz CT molecular complexity index is 382. The van der Waals surface area contributed by atoms with Crippen LogP contribution in [0, 0.1) is 5.92 Å². The summed E-state index contributed by atoms with van der Waals surface area (Å²) in [5.41, 5.74) is 6.99. The van der Waals surface area contributed by atoms with Crippen molar-refractivity contribution in [2.75, 3.05) is 7.11 Å². The van der Waals surface area contributed by atoms with E-state index < -0.39 is 12.1 Å². The van der Waals surface area contributed by atoms with E-state index in [-0.39, 0.29) is 0 Å². The Balaban J connectivity index is 2.78. The molecule has 0 heterocycles. The van der Waals surface area contributed by atoms with Crippen LogP contribution in [0.25, 0.3) is 0 Å². The molecule has 18 heavy (non-hydrogen) atoms. The summed E-state index contributed by atoms with van der Waals surface area (Å²) >= 11 is 3.46. The molecule has 0 spiro atoms. The predicted molar refractivity (Wildman–Crippen MR) is 77.7 cm³/mol. The van der Waals surface area contributed by atoms with Crippen molar-refractivity contribution >= 4 is 15.9 Å². The van der Waals surface area contributed by atoms with Crippen LogP contribution in [0.15, 0.2) is 22.7 Å². The number of ether oxygens (including phenoxy) is 1. The second-order valence-corrected chi connectivity index (χ2v) is 5.81. The number of aliphatic hydroxyl groups is 1. The number of benzene rings is 1. The van der Waals surface area contributed by atoms with Crippen molar-refractivity contribution in [3.8, 4) is 5.75 Å². The van der Waals surface area contributed by atoms with E-state index in [1.807, 2.05) is 18.2 Å². The van der Waals surface area contributed by atoms with Crippen molar-refractivity contribution in [2.45, 2.75) is 38.8 Å². The molecular formula is C14H22BrNO2. The Hall–Kier alpha value is -0.580. The smallest absolute Gasteiger partial charge is 0.119 e. The summed E-state index contributed by atoms with van der Waals surface area (Å²) in [5, 5.41) is 10.1. The number of hydrogen-bond donors (Lipinski definition) is 2. The van der Waals surface area contributed by atoms with Crippen LogP contribution < -0.4 is 10.5 Å². The fourth-order valence-electron chi connectivity index (χ4n) is 1.80. The van der Waals surface area contributed by atoms with Crippen LogP contribution in [0.4, 0.5) is 0 Å². The fraction of sp³-hybridized carbons (Fsp3) is 0.571. The molecule has 0 aliphatic rings. The van der Waals surface area contributed by atoms with Crippen LogP contribution in [-0.2, 0) is 0 Å². The van der Waals surface area contributed by atoms with Gasteiger partial charge in [-0.05, 0) is 42.5 Å². The maximum atomic E-state index is 10.1. The number of methoxy groups -OCH3 is 1. The Morgan fingerprint density at radius 2 is 2.00 bits per heavy atom. The summed E-state index contributed by atoms with van der Waals surface area (Å²) in [4.78, 5) is 0. The van der Waals surface area contributed by atoms with Gasteiger partial charge in [0.1, 0.15) is 5.75 Å². The lowest BCUT2D eigenvalue weighted by atomic mass is 9.96. The van der Waals surface area contributed by atoms with Crippen molar-refractivity contribution in [3.05, 3.63) is 28.2 Å². The van der Waals surface area contributed by atoms with Crippen LogP contribution >= 0.6 is 15.9 Å². The van der Waals surface area contributed by atoms with Crippen molar-refractivity contribution in [3.63, 3.8) is 0 Å². The third-order valence-corrected chi connectivity index (χ3v) is 3.74. The van der Waals surface area contributed by atoms with Crippen molar-refractivity contribution < 1.29 is 9.84 Å². The molecule has 102 valence electrons. The summed E-state index contributed by atoms with van der Waals surface area (Å²) in [7, 11) is 1.62. The maximum absolute atomic E-state index is 10.1. The standard InChI is InChI=1S/C14H22BrNO2/c1-9(2)4-7-13(17)14(16)11-8-10(18-3)5-6-12(11)15/h5-6,8-9,13-14,17H,4,7,16H2,1-3H3/t13-,14+/m0/s1. The van der Waals surface area contributed by atoms with E-state index in [4.69, 9.17) is 10.5 Å². The molecule has 2 atom stereocenters. The number of nitrogens with two attached hydrogens (primary N) is 1. The molecule has 0 bridgehead atoms. The van der Waals surface area contributed by atoms with Gasteiger partial charge in [-0.3, -0.25) is 0 Å². The molecule has 1 aromatic rings. The van der Waals surface area contributed by atoms with E-state index in [2.05, 4.69) is 29.8 Å². The molecule has 0 saturated carbocycles. The number of halogens is 1. The highest BCUT2D eigenvalue weighted by atomic mass is 79.9. The lowest BCUT2D eigenvalue weighted by Gasteiger charge is -2.21. The van der Waals surface area contributed by atoms with Crippen LogP contribution in [0.5, 0.6) is 5.75 Å². The monoisotopic (exact) mass is 315 g/mol. The Morgan fingerprint density at radius 1 is 1.33 bits per heavy atom. The second-order valence-electron chi connectivity index (χ2n) is 4.95. The zero-order valence-electron chi connectivity index (χ0n) is 11.2. The molecule has 0 amide bonds. The first kappa shape index (κ1) is 15.5. The third kappa shape index (κ3) is 4.26. The van der Waals surface area contributed by atoms with E-state index in [1.54, 1.807) is 7.11 Å². The molecule has 0 unspecified atom stereocenters. The molecule has 0 aromatic heterocycles. The fourth-order valence-corrected chi connectivity index (χ4v) is 2.31. The minimum Gasteiger partial charge on any atom is -0.497 e. The molecule has 1 aromatic carbocycles. The van der Waals surface area contributed by atoms with Gasteiger partial charge in [0.2, 0.25) is 0 Å². The quantitative estimate of drug-likeness (QED) is 0.847. The summed E-state index contributed by atoms with van der Waals surface area (Å²) in [5.74, 6) is 1.32. The van der Waals surface area contributed by atoms with Gasteiger partial charge in [-0.15, -0.1) is 0 Å². The van der Waals surface area contributed by atoms with Crippen molar-refractivity contribution in [2.24, 2.45) is 11.7 Å². The molecule has 0 radical (unpaired) electrons. The zero-order chi connectivity index (χ0) is 13.7. The van der Waals surface area contributed by atoms with E-state index in [0.717, 1.165) is 22.2 Å². The van der Waals surface area contributed by atoms with Crippen LogP contribution in [0.2, 0.25) is 0 Å². The highest BCUT2D eigenvalue weighted by molar-refractivity contribution is 9.10. The van der Waals surface area contributed by atoms with E-state index in [0.29, 0.717) is 12.3 Å². The first-order chi connectivity index (χ1) is 8.45. The minimum atomic E-state index is -0.532. The number of aliphatic hydroxyl groups excluding tert-OH is 1. The van der Waals surface area contributed by atoms with Crippen LogP contribution in [-0.4, -0.2) is 18.3 Å². The lowest BCUT2D eigenvalue weighted by molar-refractivity contribution is 0.128. The molecule has 0 fully saturated rings. The first-order valence-corrected chi connectivity index (χ1v) is 7.02. The largest absolute Gasteiger partial charge is 0.497 e. The van der Waals surface area contributed by atoms with Gasteiger partial charge in [0.15, 0.2) is 0 Å². The number of hydrogen-bond acceptors (Lipinski definition) is 3. The SMILES string of the molecule is COc1ccc(Br)c([C@@H](N)[C@@H](O)CCC(C)C)c1. The third-order valence-electron chi connectivity index (χ3n) is 3.02. The van der Waals surface area contributed by atoms with Crippen LogP contribution in [0.1, 0.15) is 38.3 Å². The van der Waals surface area contributed by atoms with Crippen LogP contribution in [0.3, 0.4) is 0 Å². The summed E-state index contributed by atoms with van der Waals surface area (Å²) < 4.78 is 6.08. The van der Waals surface area contributed by atoms with E-state index in [1.165, 1.54) is 0 Å². The normalized spacial score (nSPS) is 14.6. The highest BCUT2D eigenvalue weighted by Crippen LogP contribution is 2.29. The first-order valence-electron chi connectivity index (χ1n) is 6.22. The van der Waals surface area contributed by atoms with Gasteiger partial charge in [0.25, 0.3) is 0 Å². The molecule has 0 aliphatic carbocycles. The van der Waals surface area contributed by atoms with Gasteiger partial charge in [0.05, 0.1) is 19.3 Å². The second kappa shape index (κ2) is 7.12. The topological polar surface area (TPSA) is 55.5 Å². The molecule has 4 heteroatoms. The summed E-state index contributed by atoms with van der Waals surface area (Å²) in [6, 6.07) is 5.23. The zero-order valence-corrected chi connectivity index (χ0v) is 12.8. The molecular weight excluding hydrogens is 294 g/mol. The molecule has 0 saturated heterocycles. The number of rotatable bonds is 6. The van der Waals surface area contributed by atoms with Gasteiger partial charge < -0.3 is 15.6 Å². The molecule has 1 rings (SSSR count). The Morgan fingerprint density at radius 3 is 2.56 bits per heavy atom. The summed E-state index contributed by atoms with van der Waals surface area (Å²) in [6.07, 6.45) is 1.15. The molecule has 3 N–H and O–H groups in total. The summed E-state index contributed by atoms with van der Waals surface area (Å²) in [6.45, 7) is 4.28. The van der Waals surface area contributed by atoms with E-state index in [9.17, 15) is 5.11 Å². The molecule has 3 nitrogen and oxygen atoms in total.